The number of hydrogen-bond donors (Lipinski definition) is 2. The molecule has 0 spiro atoms. The lowest BCUT2D eigenvalue weighted by Gasteiger charge is -2.11. The fourth-order valence-corrected chi connectivity index (χ4v) is 2.47. The Bertz CT molecular complexity index is 486. The number of thioether (sulfide) groups is 1. The molecule has 1 rings (SSSR count). The van der Waals surface area contributed by atoms with Crippen LogP contribution in [0.25, 0.3) is 0 Å². The van der Waals surface area contributed by atoms with E-state index >= 15 is 0 Å². The molecule has 0 radical (unpaired) electrons. The van der Waals surface area contributed by atoms with E-state index in [4.69, 9.17) is 11.6 Å². The van der Waals surface area contributed by atoms with Gasteiger partial charge in [0.05, 0.1) is 20.1 Å². The number of nitrogens with zero attached hydrogens (tertiary/aromatic N) is 1. The van der Waals surface area contributed by atoms with E-state index in [1.54, 1.807) is 11.8 Å². The van der Waals surface area contributed by atoms with Crippen molar-refractivity contribution in [1.82, 2.24) is 10.6 Å². The number of halogens is 2. The van der Waals surface area contributed by atoms with E-state index < -0.39 is 0 Å². The van der Waals surface area contributed by atoms with Gasteiger partial charge >= 0.3 is 5.97 Å². The number of ether oxygens (including phenoxy) is 1. The molecule has 1 aromatic carbocycles. The molecule has 0 aliphatic heterocycles. The first kappa shape index (κ1) is 22.3. The van der Waals surface area contributed by atoms with Crippen molar-refractivity contribution in [1.29, 1.82) is 0 Å². The van der Waals surface area contributed by atoms with Crippen LogP contribution < -0.4 is 10.6 Å². The van der Waals surface area contributed by atoms with Crippen molar-refractivity contribution >= 4 is 59.3 Å². The van der Waals surface area contributed by atoms with E-state index in [1.807, 2.05) is 31.2 Å². The molecule has 0 fully saturated rings. The molecule has 0 atom stereocenters. The van der Waals surface area contributed by atoms with Crippen molar-refractivity contribution in [2.75, 3.05) is 32.5 Å². The van der Waals surface area contributed by atoms with E-state index in [0.29, 0.717) is 12.5 Å². The molecule has 0 saturated carbocycles. The van der Waals surface area contributed by atoms with Gasteiger partial charge in [0, 0.05) is 28.8 Å². The maximum atomic E-state index is 11.0. The average Bonchev–Trinajstić information content (AvgIpc) is 2.53. The summed E-state index contributed by atoms with van der Waals surface area (Å²) in [4.78, 5) is 16.6. The third-order valence-corrected chi connectivity index (χ3v) is 3.90. The van der Waals surface area contributed by atoms with Crippen LogP contribution >= 0.6 is 47.3 Å². The first-order valence-electron chi connectivity index (χ1n) is 7.13. The number of esters is 1. The van der Waals surface area contributed by atoms with Gasteiger partial charge in [0.2, 0.25) is 0 Å². The lowest BCUT2D eigenvalue weighted by molar-refractivity contribution is -0.140. The molecule has 1 aromatic rings. The minimum absolute atomic E-state index is 0. The molecular formula is C15H23ClIN3O2S. The zero-order chi connectivity index (χ0) is 16.2. The fourth-order valence-electron chi connectivity index (χ4n) is 1.57. The van der Waals surface area contributed by atoms with Crippen LogP contribution in [0.4, 0.5) is 0 Å². The second kappa shape index (κ2) is 13.7. The van der Waals surface area contributed by atoms with Gasteiger partial charge in [0.25, 0.3) is 0 Å². The van der Waals surface area contributed by atoms with E-state index in [0.717, 1.165) is 23.9 Å². The number of carbonyl (C=O) groups excluding carboxylic acids is 1. The molecule has 0 aliphatic carbocycles. The molecule has 0 bridgehead atoms. The van der Waals surface area contributed by atoms with Crippen LogP contribution in [0.1, 0.15) is 13.3 Å². The Hall–Kier alpha value is -0.670. The Morgan fingerprint density at radius 2 is 2.00 bits per heavy atom. The molecule has 130 valence electrons. The number of guanidine groups is 1. The molecule has 23 heavy (non-hydrogen) atoms. The molecule has 2 N–H and O–H groups in total. The summed E-state index contributed by atoms with van der Waals surface area (Å²) in [5, 5.41) is 7.12. The number of carbonyl (C=O) groups is 1. The van der Waals surface area contributed by atoms with Gasteiger partial charge in [-0.15, -0.1) is 35.7 Å². The molecular weight excluding hydrogens is 449 g/mol. The maximum Gasteiger partial charge on any atom is 0.307 e. The SMILES string of the molecule is CCNC(=NCCC(=O)OC)NCCSc1ccc(Cl)cc1.I. The normalized spacial score (nSPS) is 10.7. The highest BCUT2D eigenvalue weighted by Crippen LogP contribution is 2.19. The fraction of sp³-hybridized carbons (Fsp3) is 0.467. The standard InChI is InChI=1S/C15H22ClN3O2S.HI/c1-3-17-15(18-9-8-14(20)21-2)19-10-11-22-13-6-4-12(16)5-7-13;/h4-7H,3,8-11H2,1-2H3,(H2,17,18,19);1H. The molecule has 0 unspecified atom stereocenters. The minimum Gasteiger partial charge on any atom is -0.469 e. The van der Waals surface area contributed by atoms with Crippen LogP contribution in [-0.2, 0) is 9.53 Å². The molecule has 0 aromatic heterocycles. The predicted octanol–water partition coefficient (Wildman–Crippen LogP) is 3.17. The highest BCUT2D eigenvalue weighted by atomic mass is 127. The van der Waals surface area contributed by atoms with Crippen LogP contribution in [-0.4, -0.2) is 44.4 Å². The van der Waals surface area contributed by atoms with Crippen molar-refractivity contribution in [2.45, 2.75) is 18.2 Å². The molecule has 0 aliphatic rings. The smallest absolute Gasteiger partial charge is 0.307 e. The molecule has 5 nitrogen and oxygen atoms in total. The van der Waals surface area contributed by atoms with Crippen molar-refractivity contribution in [3.8, 4) is 0 Å². The van der Waals surface area contributed by atoms with Crippen LogP contribution in [0.15, 0.2) is 34.2 Å². The lowest BCUT2D eigenvalue weighted by Crippen LogP contribution is -2.38. The Labute approximate surface area is 164 Å². The van der Waals surface area contributed by atoms with Gasteiger partial charge < -0.3 is 15.4 Å². The quantitative estimate of drug-likeness (QED) is 0.152. The van der Waals surface area contributed by atoms with Crippen molar-refractivity contribution in [3.05, 3.63) is 29.3 Å². The molecule has 0 amide bonds. The average molecular weight is 472 g/mol. The Morgan fingerprint density at radius 3 is 2.61 bits per heavy atom. The Morgan fingerprint density at radius 1 is 1.30 bits per heavy atom. The number of aliphatic imine (C=N–C) groups is 1. The zero-order valence-electron chi connectivity index (χ0n) is 13.3. The van der Waals surface area contributed by atoms with Gasteiger partial charge in [-0.05, 0) is 31.2 Å². The molecule has 0 heterocycles. The summed E-state index contributed by atoms with van der Waals surface area (Å²) in [6.45, 7) is 3.96. The summed E-state index contributed by atoms with van der Waals surface area (Å²) < 4.78 is 4.59. The number of hydrogen-bond acceptors (Lipinski definition) is 4. The Balaban J connectivity index is 0.00000484. The molecule has 0 saturated heterocycles. The van der Waals surface area contributed by atoms with Crippen LogP contribution in [0.3, 0.4) is 0 Å². The van der Waals surface area contributed by atoms with E-state index in [2.05, 4.69) is 20.4 Å². The summed E-state index contributed by atoms with van der Waals surface area (Å²) in [5.41, 5.74) is 0. The third-order valence-electron chi connectivity index (χ3n) is 2.63. The predicted molar refractivity (Wildman–Crippen MR) is 108 cm³/mol. The Kier molecular flexibility index (Phi) is 13.3. The molecule has 8 heteroatoms. The highest BCUT2D eigenvalue weighted by Gasteiger charge is 2.01. The van der Waals surface area contributed by atoms with Gasteiger partial charge in [-0.3, -0.25) is 9.79 Å². The topological polar surface area (TPSA) is 62.7 Å². The summed E-state index contributed by atoms with van der Waals surface area (Å²) in [5.74, 6) is 1.37. The number of nitrogens with one attached hydrogen (secondary N) is 2. The van der Waals surface area contributed by atoms with Crippen molar-refractivity contribution in [3.63, 3.8) is 0 Å². The van der Waals surface area contributed by atoms with Crippen LogP contribution in [0, 0.1) is 0 Å². The number of methoxy groups -OCH3 is 1. The first-order chi connectivity index (χ1) is 10.7. The van der Waals surface area contributed by atoms with Crippen LogP contribution in [0.2, 0.25) is 5.02 Å². The third kappa shape index (κ3) is 10.7. The van der Waals surface area contributed by atoms with E-state index in [9.17, 15) is 4.79 Å². The number of rotatable bonds is 8. The van der Waals surface area contributed by atoms with E-state index in [-0.39, 0.29) is 36.4 Å². The van der Waals surface area contributed by atoms with Gasteiger partial charge in [-0.1, -0.05) is 11.6 Å². The van der Waals surface area contributed by atoms with Gasteiger partial charge in [0.1, 0.15) is 0 Å². The monoisotopic (exact) mass is 471 g/mol. The van der Waals surface area contributed by atoms with Gasteiger partial charge in [0.15, 0.2) is 5.96 Å². The lowest BCUT2D eigenvalue weighted by atomic mass is 10.4. The van der Waals surface area contributed by atoms with Gasteiger partial charge in [-0.2, -0.15) is 0 Å². The highest BCUT2D eigenvalue weighted by molar-refractivity contribution is 14.0. The summed E-state index contributed by atoms with van der Waals surface area (Å²) in [6.07, 6.45) is 0.284. The largest absolute Gasteiger partial charge is 0.469 e. The first-order valence-corrected chi connectivity index (χ1v) is 8.49. The van der Waals surface area contributed by atoms with Crippen molar-refractivity contribution in [2.24, 2.45) is 4.99 Å². The minimum atomic E-state index is -0.252. The maximum absolute atomic E-state index is 11.0. The van der Waals surface area contributed by atoms with Gasteiger partial charge in [-0.25, -0.2) is 0 Å². The van der Waals surface area contributed by atoms with Crippen molar-refractivity contribution < 1.29 is 9.53 Å². The van der Waals surface area contributed by atoms with Crippen LogP contribution in [0.5, 0.6) is 0 Å². The number of benzene rings is 1. The second-order valence-corrected chi connectivity index (χ2v) is 5.92. The zero-order valence-corrected chi connectivity index (χ0v) is 17.2. The summed E-state index contributed by atoms with van der Waals surface area (Å²) in [6, 6.07) is 7.77. The second-order valence-electron chi connectivity index (χ2n) is 4.32. The summed E-state index contributed by atoms with van der Waals surface area (Å²) >= 11 is 7.60. The van der Waals surface area contributed by atoms with E-state index in [1.165, 1.54) is 12.0 Å². The summed E-state index contributed by atoms with van der Waals surface area (Å²) in [7, 11) is 1.38.